The largest absolute Gasteiger partial charge is 0.480 e. The fraction of sp³-hybridized carbons (Fsp3) is 0.450. The highest BCUT2D eigenvalue weighted by atomic mass is 16.4. The summed E-state index contributed by atoms with van der Waals surface area (Å²) in [5.41, 5.74) is 6.03. The van der Waals surface area contributed by atoms with Crippen LogP contribution in [0.4, 0.5) is 0 Å². The van der Waals surface area contributed by atoms with Gasteiger partial charge in [-0.15, -0.1) is 0 Å². The normalized spacial score (nSPS) is 14.2. The van der Waals surface area contributed by atoms with Gasteiger partial charge in [-0.25, -0.2) is 4.79 Å². The maximum atomic E-state index is 12.4. The summed E-state index contributed by atoms with van der Waals surface area (Å²) >= 11 is 0. The van der Waals surface area contributed by atoms with Crippen molar-refractivity contribution in [3.05, 3.63) is 35.9 Å². The molecule has 1 rings (SSSR count). The lowest BCUT2D eigenvalue weighted by molar-refractivity contribution is -0.142. The van der Waals surface area contributed by atoms with Gasteiger partial charge in [-0.1, -0.05) is 30.3 Å². The van der Waals surface area contributed by atoms with E-state index in [4.69, 9.17) is 5.73 Å². The van der Waals surface area contributed by atoms with Crippen LogP contribution in [0.2, 0.25) is 0 Å². The van der Waals surface area contributed by atoms with Crippen LogP contribution < -0.4 is 27.0 Å². The fourth-order valence-corrected chi connectivity index (χ4v) is 2.55. The first kappa shape index (κ1) is 27.5. The smallest absolute Gasteiger partial charge is 0.326 e. The molecule has 182 valence electrons. The van der Waals surface area contributed by atoms with E-state index >= 15 is 0 Å². The second kappa shape index (κ2) is 13.8. The fourth-order valence-electron chi connectivity index (χ4n) is 2.55. The quantitative estimate of drug-likeness (QED) is 0.142. The lowest BCUT2D eigenvalue weighted by atomic mass is 10.1. The van der Waals surface area contributed by atoms with Gasteiger partial charge in [0, 0.05) is 6.42 Å². The minimum Gasteiger partial charge on any atom is -0.480 e. The molecule has 0 heterocycles. The van der Waals surface area contributed by atoms with Crippen LogP contribution in [0.1, 0.15) is 12.5 Å². The second-order valence-electron chi connectivity index (χ2n) is 7.14. The van der Waals surface area contributed by atoms with Gasteiger partial charge in [0.05, 0.1) is 25.8 Å². The lowest BCUT2D eigenvalue weighted by Gasteiger charge is -2.21. The SMILES string of the molecule is C[C@H](N)C(=O)N[C@@H](CO)C(=O)NCC(=O)N[C@@H](CO)C(=O)N[C@@H](Cc1ccccc1)C(=O)O. The molecule has 0 aliphatic rings. The van der Waals surface area contributed by atoms with Crippen LogP contribution in [0, 0.1) is 0 Å². The maximum Gasteiger partial charge on any atom is 0.326 e. The Hall–Kier alpha value is -3.55. The molecule has 0 aliphatic carbocycles. The number of carboxylic acids is 1. The molecule has 13 heteroatoms. The first-order valence-electron chi connectivity index (χ1n) is 10.0. The molecule has 0 spiro atoms. The molecule has 4 amide bonds. The zero-order valence-corrected chi connectivity index (χ0v) is 18.0. The van der Waals surface area contributed by atoms with Crippen LogP contribution in [0.3, 0.4) is 0 Å². The molecule has 0 fully saturated rings. The third kappa shape index (κ3) is 9.64. The van der Waals surface area contributed by atoms with Crippen molar-refractivity contribution in [3.63, 3.8) is 0 Å². The van der Waals surface area contributed by atoms with Crippen molar-refractivity contribution in [3.8, 4) is 0 Å². The van der Waals surface area contributed by atoms with Crippen molar-refractivity contribution in [2.75, 3.05) is 19.8 Å². The van der Waals surface area contributed by atoms with Crippen molar-refractivity contribution in [2.45, 2.75) is 37.5 Å². The molecule has 33 heavy (non-hydrogen) atoms. The number of rotatable bonds is 13. The summed E-state index contributed by atoms with van der Waals surface area (Å²) in [6.07, 6.45) is -0.0141. The van der Waals surface area contributed by atoms with Crippen molar-refractivity contribution >= 4 is 29.6 Å². The van der Waals surface area contributed by atoms with Gasteiger partial charge in [0.25, 0.3) is 0 Å². The molecule has 1 aromatic rings. The van der Waals surface area contributed by atoms with Gasteiger partial charge in [-0.05, 0) is 12.5 Å². The molecule has 0 saturated heterocycles. The van der Waals surface area contributed by atoms with Crippen molar-refractivity contribution in [1.29, 1.82) is 0 Å². The molecule has 0 aromatic heterocycles. The third-order valence-corrected chi connectivity index (χ3v) is 4.38. The number of aliphatic hydroxyl groups is 2. The van der Waals surface area contributed by atoms with E-state index < -0.39 is 73.5 Å². The van der Waals surface area contributed by atoms with Crippen LogP contribution >= 0.6 is 0 Å². The van der Waals surface area contributed by atoms with Gasteiger partial charge in [0.1, 0.15) is 18.1 Å². The highest BCUT2D eigenvalue weighted by Crippen LogP contribution is 2.04. The number of hydrogen-bond acceptors (Lipinski definition) is 8. The number of amides is 4. The van der Waals surface area contributed by atoms with Gasteiger partial charge in [-0.3, -0.25) is 19.2 Å². The van der Waals surface area contributed by atoms with Gasteiger partial charge in [0.15, 0.2) is 0 Å². The summed E-state index contributed by atoms with van der Waals surface area (Å²) < 4.78 is 0. The Morgan fingerprint density at radius 2 is 1.39 bits per heavy atom. The van der Waals surface area contributed by atoms with Crippen LogP contribution in [0.15, 0.2) is 30.3 Å². The Balaban J connectivity index is 2.62. The van der Waals surface area contributed by atoms with E-state index in [9.17, 15) is 39.3 Å². The zero-order chi connectivity index (χ0) is 25.0. The first-order valence-corrected chi connectivity index (χ1v) is 10.0. The molecule has 1 aromatic carbocycles. The number of carbonyl (C=O) groups is 5. The summed E-state index contributed by atoms with van der Waals surface area (Å²) in [6, 6.07) is 3.51. The molecule has 0 unspecified atom stereocenters. The Morgan fingerprint density at radius 1 is 0.848 bits per heavy atom. The lowest BCUT2D eigenvalue weighted by Crippen LogP contribution is -2.56. The molecular formula is C20H29N5O8. The Labute approximate surface area is 189 Å². The Morgan fingerprint density at radius 3 is 1.91 bits per heavy atom. The van der Waals surface area contributed by atoms with Gasteiger partial charge < -0.3 is 42.3 Å². The van der Waals surface area contributed by atoms with Crippen LogP contribution in [-0.2, 0) is 30.4 Å². The minimum atomic E-state index is -1.47. The van der Waals surface area contributed by atoms with E-state index in [1.54, 1.807) is 30.3 Å². The number of benzene rings is 1. The van der Waals surface area contributed by atoms with Crippen molar-refractivity contribution in [1.82, 2.24) is 21.3 Å². The molecular weight excluding hydrogens is 438 g/mol. The highest BCUT2D eigenvalue weighted by molar-refractivity contribution is 5.94. The maximum absolute atomic E-state index is 12.4. The molecule has 0 bridgehead atoms. The van der Waals surface area contributed by atoms with Crippen LogP contribution in [-0.4, -0.2) is 88.8 Å². The van der Waals surface area contributed by atoms with Crippen molar-refractivity contribution in [2.24, 2.45) is 5.73 Å². The number of carbonyl (C=O) groups excluding carboxylic acids is 4. The predicted octanol–water partition coefficient (Wildman–Crippen LogP) is -3.78. The molecule has 0 saturated carbocycles. The third-order valence-electron chi connectivity index (χ3n) is 4.38. The summed E-state index contributed by atoms with van der Waals surface area (Å²) in [6.45, 7) is -0.831. The van der Waals surface area contributed by atoms with E-state index in [1.807, 2.05) is 0 Å². The summed E-state index contributed by atoms with van der Waals surface area (Å²) in [5, 5.41) is 36.8. The summed E-state index contributed by atoms with van der Waals surface area (Å²) in [4.78, 5) is 59.5. The Bertz CT molecular complexity index is 833. The van der Waals surface area contributed by atoms with E-state index in [0.29, 0.717) is 5.56 Å². The molecule has 0 aliphatic heterocycles. The van der Waals surface area contributed by atoms with Crippen LogP contribution in [0.25, 0.3) is 0 Å². The standard InChI is InChI=1S/C20H29N5O8/c1-11(21)17(29)25-14(9-26)18(30)22-8-16(28)23-15(10-27)19(31)24-13(20(32)33)7-12-5-3-2-4-6-12/h2-6,11,13-15,26-27H,7-10,21H2,1H3,(H,22,30)(H,23,28)(H,24,31)(H,25,29)(H,32,33)/t11-,13-,14-,15-/m0/s1. The van der Waals surface area contributed by atoms with Gasteiger partial charge >= 0.3 is 5.97 Å². The second-order valence-corrected chi connectivity index (χ2v) is 7.14. The molecule has 9 N–H and O–H groups in total. The topological polar surface area (TPSA) is 220 Å². The zero-order valence-electron chi connectivity index (χ0n) is 18.0. The van der Waals surface area contributed by atoms with E-state index in [2.05, 4.69) is 21.3 Å². The van der Waals surface area contributed by atoms with E-state index in [-0.39, 0.29) is 6.42 Å². The number of carboxylic acid groups (broad SMARTS) is 1. The summed E-state index contributed by atoms with van der Waals surface area (Å²) in [5.74, 6) is -4.67. The summed E-state index contributed by atoms with van der Waals surface area (Å²) in [7, 11) is 0. The number of hydrogen-bond donors (Lipinski definition) is 8. The monoisotopic (exact) mass is 467 g/mol. The minimum absolute atomic E-state index is 0.0141. The Kier molecular flexibility index (Phi) is 11.5. The first-order chi connectivity index (χ1) is 15.6. The molecule has 13 nitrogen and oxygen atoms in total. The van der Waals surface area contributed by atoms with E-state index in [1.165, 1.54) is 6.92 Å². The molecule has 4 atom stereocenters. The van der Waals surface area contributed by atoms with Gasteiger partial charge in [-0.2, -0.15) is 0 Å². The number of aliphatic carboxylic acids is 1. The van der Waals surface area contributed by atoms with Crippen LogP contribution in [0.5, 0.6) is 0 Å². The number of nitrogens with two attached hydrogens (primary N) is 1. The molecule has 0 radical (unpaired) electrons. The average Bonchev–Trinajstić information content (AvgIpc) is 2.79. The predicted molar refractivity (Wildman–Crippen MR) is 114 cm³/mol. The number of aliphatic hydroxyl groups excluding tert-OH is 2. The number of nitrogens with one attached hydrogen (secondary N) is 4. The van der Waals surface area contributed by atoms with E-state index in [0.717, 1.165) is 0 Å². The highest BCUT2D eigenvalue weighted by Gasteiger charge is 2.27. The van der Waals surface area contributed by atoms with Crippen molar-refractivity contribution < 1.29 is 39.3 Å². The van der Waals surface area contributed by atoms with Gasteiger partial charge in [0.2, 0.25) is 23.6 Å². The average molecular weight is 467 g/mol.